The third kappa shape index (κ3) is 8.06. The monoisotopic (exact) mass is 338 g/mol. The highest BCUT2D eigenvalue weighted by Gasteiger charge is 2.26. The molecule has 0 amide bonds. The van der Waals surface area contributed by atoms with Gasteiger partial charge in [-0.2, -0.15) is 0 Å². The Kier molecular flexibility index (Phi) is 9.01. The fraction of sp³-hybridized carbons (Fsp3) is 0.611. The van der Waals surface area contributed by atoms with Crippen molar-refractivity contribution in [1.82, 2.24) is 0 Å². The van der Waals surface area contributed by atoms with E-state index in [9.17, 15) is 14.4 Å². The van der Waals surface area contributed by atoms with E-state index in [1.807, 2.05) is 19.1 Å². The molecule has 0 aromatic rings. The van der Waals surface area contributed by atoms with Crippen LogP contribution in [-0.2, 0) is 28.6 Å². The van der Waals surface area contributed by atoms with Crippen LogP contribution in [0.25, 0.3) is 0 Å². The third-order valence-electron chi connectivity index (χ3n) is 3.42. The first kappa shape index (κ1) is 20.1. The molecule has 6 nitrogen and oxygen atoms in total. The van der Waals surface area contributed by atoms with Gasteiger partial charge in [-0.15, -0.1) is 0 Å². The molecule has 3 atom stereocenters. The van der Waals surface area contributed by atoms with Crippen LogP contribution in [0, 0.1) is 0 Å². The first-order valence-corrected chi connectivity index (χ1v) is 8.29. The number of esters is 2. The summed E-state index contributed by atoms with van der Waals surface area (Å²) in [6.07, 6.45) is 8.16. The predicted octanol–water partition coefficient (Wildman–Crippen LogP) is 2.51. The van der Waals surface area contributed by atoms with Crippen LogP contribution < -0.4 is 0 Å². The van der Waals surface area contributed by atoms with Gasteiger partial charge in [-0.3, -0.25) is 14.4 Å². The Labute approximate surface area is 142 Å². The Bertz CT molecular complexity index is 494. The molecule has 0 bridgehead atoms. The lowest BCUT2D eigenvalue weighted by atomic mass is 10.1. The molecule has 1 rings (SSSR count). The maximum atomic E-state index is 11.7. The summed E-state index contributed by atoms with van der Waals surface area (Å²) >= 11 is 0. The zero-order chi connectivity index (χ0) is 17.9. The van der Waals surface area contributed by atoms with Gasteiger partial charge in [0.2, 0.25) is 0 Å². The van der Waals surface area contributed by atoms with Crippen molar-refractivity contribution in [2.24, 2.45) is 0 Å². The Hall–Kier alpha value is -1.95. The van der Waals surface area contributed by atoms with Gasteiger partial charge in [-0.25, -0.2) is 0 Å². The average molecular weight is 338 g/mol. The van der Waals surface area contributed by atoms with Gasteiger partial charge in [0.05, 0.1) is 25.2 Å². The Morgan fingerprint density at radius 1 is 1.42 bits per heavy atom. The number of carbonyl (C=O) groups excluding carboxylic acids is 3. The lowest BCUT2D eigenvalue weighted by Gasteiger charge is -2.22. The van der Waals surface area contributed by atoms with Crippen LogP contribution in [0.2, 0.25) is 0 Å². The second kappa shape index (κ2) is 10.8. The van der Waals surface area contributed by atoms with E-state index < -0.39 is 12.1 Å². The molecule has 134 valence electrons. The Morgan fingerprint density at radius 3 is 2.83 bits per heavy atom. The van der Waals surface area contributed by atoms with E-state index in [1.54, 1.807) is 13.0 Å². The molecule has 0 saturated carbocycles. The highest BCUT2D eigenvalue weighted by atomic mass is 16.5. The van der Waals surface area contributed by atoms with Crippen LogP contribution in [0.5, 0.6) is 0 Å². The third-order valence-corrected chi connectivity index (χ3v) is 3.42. The van der Waals surface area contributed by atoms with Crippen molar-refractivity contribution >= 4 is 17.7 Å². The predicted molar refractivity (Wildman–Crippen MR) is 88.3 cm³/mol. The number of allylic oxidation sites excluding steroid dienone is 1. The summed E-state index contributed by atoms with van der Waals surface area (Å²) in [5, 5.41) is 0. The average Bonchev–Trinajstić information content (AvgIpc) is 2.49. The van der Waals surface area contributed by atoms with Crippen LogP contribution >= 0.6 is 0 Å². The van der Waals surface area contributed by atoms with Crippen molar-refractivity contribution in [2.45, 2.75) is 64.8 Å². The molecule has 1 aliphatic heterocycles. The first-order valence-electron chi connectivity index (χ1n) is 8.29. The molecule has 1 heterocycles. The zero-order valence-electron chi connectivity index (χ0n) is 14.5. The molecule has 0 aromatic heterocycles. The molecule has 0 radical (unpaired) electrons. The van der Waals surface area contributed by atoms with Gasteiger partial charge in [0.1, 0.15) is 6.10 Å². The molecule has 0 aromatic carbocycles. The van der Waals surface area contributed by atoms with Gasteiger partial charge in [-0.1, -0.05) is 12.2 Å². The highest BCUT2D eigenvalue weighted by molar-refractivity contribution is 5.96. The molecule has 6 heteroatoms. The quantitative estimate of drug-likeness (QED) is 0.365. The topological polar surface area (TPSA) is 78.9 Å². The summed E-state index contributed by atoms with van der Waals surface area (Å²) in [4.78, 5) is 34.0. The van der Waals surface area contributed by atoms with E-state index in [4.69, 9.17) is 14.2 Å². The maximum absolute atomic E-state index is 11.7. The normalized spacial score (nSPS) is 21.7. The van der Waals surface area contributed by atoms with Crippen LogP contribution in [-0.4, -0.2) is 42.6 Å². The first-order chi connectivity index (χ1) is 11.4. The number of hydrogen-bond acceptors (Lipinski definition) is 6. The maximum Gasteiger partial charge on any atom is 0.308 e. The van der Waals surface area contributed by atoms with Crippen molar-refractivity contribution < 1.29 is 28.6 Å². The van der Waals surface area contributed by atoms with Gasteiger partial charge < -0.3 is 14.2 Å². The number of unbranched alkanes of at least 4 members (excludes halogenated alkanes) is 1. The fourth-order valence-electron chi connectivity index (χ4n) is 2.32. The summed E-state index contributed by atoms with van der Waals surface area (Å²) in [7, 11) is 0. The van der Waals surface area contributed by atoms with Crippen LogP contribution in [0.15, 0.2) is 24.3 Å². The van der Waals surface area contributed by atoms with E-state index >= 15 is 0 Å². The molecule has 24 heavy (non-hydrogen) atoms. The van der Waals surface area contributed by atoms with Gasteiger partial charge in [-0.05, 0) is 45.3 Å². The minimum atomic E-state index is -0.785. The van der Waals surface area contributed by atoms with E-state index in [1.165, 1.54) is 13.0 Å². The van der Waals surface area contributed by atoms with Crippen molar-refractivity contribution in [3.8, 4) is 0 Å². The standard InChI is InChI=1S/C18H26O6/c1-4-22-18(21)12-17-16(20)11-10-15(24-17)9-7-5-6-8-13(2)23-14(3)19/h7,9-11,13,15,17H,4-6,8,12H2,1-3H3/b9-7+/t13-,15-,17-/m0/s1. The summed E-state index contributed by atoms with van der Waals surface area (Å²) in [6, 6.07) is 0. The Morgan fingerprint density at radius 2 is 2.17 bits per heavy atom. The molecule has 1 aliphatic rings. The Balaban J connectivity index is 2.34. The molecular weight excluding hydrogens is 312 g/mol. The minimum Gasteiger partial charge on any atom is -0.466 e. The van der Waals surface area contributed by atoms with E-state index in [-0.39, 0.29) is 37.0 Å². The smallest absolute Gasteiger partial charge is 0.308 e. The van der Waals surface area contributed by atoms with E-state index in [2.05, 4.69) is 0 Å². The number of rotatable bonds is 9. The molecule has 0 unspecified atom stereocenters. The molecular formula is C18H26O6. The second-order valence-corrected chi connectivity index (χ2v) is 5.64. The lowest BCUT2D eigenvalue weighted by molar-refractivity contribution is -0.150. The number of ether oxygens (including phenoxy) is 3. The van der Waals surface area contributed by atoms with E-state index in [0.29, 0.717) is 0 Å². The zero-order valence-corrected chi connectivity index (χ0v) is 14.5. The summed E-state index contributed by atoms with van der Waals surface area (Å²) in [6.45, 7) is 5.26. The van der Waals surface area contributed by atoms with Gasteiger partial charge in [0, 0.05) is 6.92 Å². The van der Waals surface area contributed by atoms with Gasteiger partial charge in [0.25, 0.3) is 0 Å². The highest BCUT2D eigenvalue weighted by Crippen LogP contribution is 2.15. The number of ketones is 1. The van der Waals surface area contributed by atoms with Crippen molar-refractivity contribution in [2.75, 3.05) is 6.61 Å². The van der Waals surface area contributed by atoms with Crippen LogP contribution in [0.4, 0.5) is 0 Å². The fourth-order valence-corrected chi connectivity index (χ4v) is 2.32. The molecule has 0 fully saturated rings. The van der Waals surface area contributed by atoms with Crippen molar-refractivity contribution in [1.29, 1.82) is 0 Å². The van der Waals surface area contributed by atoms with Crippen LogP contribution in [0.3, 0.4) is 0 Å². The summed E-state index contributed by atoms with van der Waals surface area (Å²) in [5.41, 5.74) is 0. The molecule has 0 saturated heterocycles. The largest absolute Gasteiger partial charge is 0.466 e. The summed E-state index contributed by atoms with van der Waals surface area (Å²) in [5.74, 6) is -0.924. The van der Waals surface area contributed by atoms with Crippen molar-refractivity contribution in [3.05, 3.63) is 24.3 Å². The second-order valence-electron chi connectivity index (χ2n) is 5.64. The van der Waals surface area contributed by atoms with Gasteiger partial charge in [0.15, 0.2) is 5.78 Å². The van der Waals surface area contributed by atoms with Crippen molar-refractivity contribution in [3.63, 3.8) is 0 Å². The lowest BCUT2D eigenvalue weighted by Crippen LogP contribution is -2.33. The number of hydrogen-bond donors (Lipinski definition) is 0. The van der Waals surface area contributed by atoms with Crippen LogP contribution in [0.1, 0.15) is 46.5 Å². The SMILES string of the molecule is CCOC(=O)C[C@@H]1O[C@@H](/C=C/CCC[C@H](C)OC(C)=O)C=CC1=O. The molecule has 0 spiro atoms. The van der Waals surface area contributed by atoms with Gasteiger partial charge >= 0.3 is 11.9 Å². The number of carbonyl (C=O) groups is 3. The molecule has 0 N–H and O–H groups in total. The minimum absolute atomic E-state index is 0.0682. The van der Waals surface area contributed by atoms with E-state index in [0.717, 1.165) is 19.3 Å². The summed E-state index contributed by atoms with van der Waals surface area (Å²) < 4.78 is 15.5. The molecule has 0 aliphatic carbocycles.